The number of nitrogens with one attached hydrogen (secondary N) is 1. The van der Waals surface area contributed by atoms with Crippen LogP contribution in [0.5, 0.6) is 0 Å². The largest absolute Gasteiger partial charge is 0.361 e. The van der Waals surface area contributed by atoms with Crippen LogP contribution in [-0.4, -0.2) is 44.9 Å². The van der Waals surface area contributed by atoms with Crippen molar-refractivity contribution in [2.45, 2.75) is 19.8 Å². The monoisotopic (exact) mass is 383 g/mol. The number of fused-ring (bicyclic) bond motifs is 1. The number of aryl methyl sites for hydroxylation is 1. The van der Waals surface area contributed by atoms with Crippen LogP contribution in [-0.2, 0) is 12.8 Å². The molecule has 0 aromatic carbocycles. The molecule has 8 nitrogen and oxygen atoms in total. The van der Waals surface area contributed by atoms with Crippen molar-refractivity contribution in [3.8, 4) is 0 Å². The smallest absolute Gasteiger partial charge is 0.284 e. The zero-order chi connectivity index (χ0) is 18.8. The number of pyridine rings is 1. The minimum Gasteiger partial charge on any atom is -0.361 e. The molecule has 0 radical (unpaired) electrons. The van der Waals surface area contributed by atoms with E-state index in [9.17, 15) is 9.59 Å². The second kappa shape index (κ2) is 7.28. The molecule has 1 aliphatic heterocycles. The molecule has 2 amide bonds. The molecule has 0 unspecified atom stereocenters. The average Bonchev–Trinajstić information content (AvgIpc) is 3.24. The third kappa shape index (κ3) is 3.72. The molecule has 0 saturated carbocycles. The van der Waals surface area contributed by atoms with Crippen LogP contribution >= 0.6 is 11.3 Å². The summed E-state index contributed by atoms with van der Waals surface area (Å²) in [7, 11) is 0. The highest BCUT2D eigenvalue weighted by atomic mass is 32.1. The number of thiazole rings is 1. The van der Waals surface area contributed by atoms with Gasteiger partial charge in [-0.1, -0.05) is 5.16 Å². The van der Waals surface area contributed by atoms with E-state index < -0.39 is 0 Å². The van der Waals surface area contributed by atoms with E-state index in [4.69, 9.17) is 4.52 Å². The fraction of sp³-hybridized carbons (Fsp3) is 0.278. The van der Waals surface area contributed by atoms with Crippen LogP contribution < -0.4 is 5.32 Å². The number of carbonyl (C=O) groups is 2. The fourth-order valence-corrected chi connectivity index (χ4v) is 3.91. The second-order valence-electron chi connectivity index (χ2n) is 6.20. The van der Waals surface area contributed by atoms with Gasteiger partial charge in [-0.15, -0.1) is 11.3 Å². The standard InChI is InChI=1S/C18H17N5O3S/c1-11-9-14(22-26-11)18(25)23-7-4-13-15(5-8-23)27-17(21-13)16(24)20-12-3-2-6-19-10-12/h2-3,6,9-10H,4-5,7-8H2,1H3,(H,20,24). The third-order valence-electron chi connectivity index (χ3n) is 4.25. The first-order valence-electron chi connectivity index (χ1n) is 8.52. The van der Waals surface area contributed by atoms with E-state index >= 15 is 0 Å². The molecule has 138 valence electrons. The number of hydrogen-bond donors (Lipinski definition) is 1. The van der Waals surface area contributed by atoms with Gasteiger partial charge in [-0.3, -0.25) is 14.6 Å². The number of nitrogens with zero attached hydrogens (tertiary/aromatic N) is 4. The fourth-order valence-electron chi connectivity index (χ4n) is 2.91. The summed E-state index contributed by atoms with van der Waals surface area (Å²) < 4.78 is 4.99. The van der Waals surface area contributed by atoms with Gasteiger partial charge in [0, 0.05) is 43.1 Å². The van der Waals surface area contributed by atoms with Crippen LogP contribution in [0.25, 0.3) is 0 Å². The lowest BCUT2D eigenvalue weighted by Gasteiger charge is -2.18. The molecule has 4 rings (SSSR count). The van der Waals surface area contributed by atoms with Gasteiger partial charge >= 0.3 is 0 Å². The molecule has 0 bridgehead atoms. The van der Waals surface area contributed by atoms with Gasteiger partial charge in [-0.2, -0.15) is 0 Å². The van der Waals surface area contributed by atoms with Gasteiger partial charge in [-0.05, 0) is 19.1 Å². The first-order chi connectivity index (χ1) is 13.1. The molecule has 0 fully saturated rings. The molecular weight excluding hydrogens is 366 g/mol. The lowest BCUT2D eigenvalue weighted by Crippen LogP contribution is -2.33. The number of hydrogen-bond acceptors (Lipinski definition) is 7. The van der Waals surface area contributed by atoms with Gasteiger partial charge in [0.25, 0.3) is 11.8 Å². The molecule has 3 aromatic rings. The Hall–Kier alpha value is -3.07. The van der Waals surface area contributed by atoms with Gasteiger partial charge in [0.2, 0.25) is 0 Å². The van der Waals surface area contributed by atoms with Gasteiger partial charge in [0.1, 0.15) is 5.76 Å². The first-order valence-corrected chi connectivity index (χ1v) is 9.34. The van der Waals surface area contributed by atoms with Crippen molar-refractivity contribution < 1.29 is 14.1 Å². The van der Waals surface area contributed by atoms with E-state index in [-0.39, 0.29) is 11.8 Å². The molecule has 3 aromatic heterocycles. The molecular formula is C18H17N5O3S. The second-order valence-corrected chi connectivity index (χ2v) is 7.28. The highest BCUT2D eigenvalue weighted by molar-refractivity contribution is 7.13. The predicted molar refractivity (Wildman–Crippen MR) is 98.9 cm³/mol. The summed E-state index contributed by atoms with van der Waals surface area (Å²) in [6.07, 6.45) is 4.50. The number of carbonyl (C=O) groups excluding carboxylic acids is 2. The van der Waals surface area contributed by atoms with Gasteiger partial charge in [0.15, 0.2) is 10.7 Å². The Labute approximate surface area is 159 Å². The zero-order valence-electron chi connectivity index (χ0n) is 14.6. The van der Waals surface area contributed by atoms with Crippen LogP contribution in [0, 0.1) is 6.92 Å². The van der Waals surface area contributed by atoms with Crippen molar-refractivity contribution in [3.63, 3.8) is 0 Å². The maximum atomic E-state index is 12.5. The normalized spacial score (nSPS) is 13.7. The Morgan fingerprint density at radius 3 is 2.89 bits per heavy atom. The molecule has 4 heterocycles. The molecule has 1 aliphatic rings. The van der Waals surface area contributed by atoms with Crippen molar-refractivity contribution in [2.75, 3.05) is 18.4 Å². The van der Waals surface area contributed by atoms with Crippen LogP contribution in [0.1, 0.15) is 36.6 Å². The van der Waals surface area contributed by atoms with E-state index in [1.165, 1.54) is 11.3 Å². The molecule has 0 saturated heterocycles. The lowest BCUT2D eigenvalue weighted by molar-refractivity contribution is 0.0752. The van der Waals surface area contributed by atoms with Crippen LogP contribution in [0.2, 0.25) is 0 Å². The number of rotatable bonds is 3. The Morgan fingerprint density at radius 2 is 2.15 bits per heavy atom. The Morgan fingerprint density at radius 1 is 1.30 bits per heavy atom. The van der Waals surface area contributed by atoms with Crippen molar-refractivity contribution >= 4 is 28.8 Å². The predicted octanol–water partition coefficient (Wildman–Crippen LogP) is 2.33. The summed E-state index contributed by atoms with van der Waals surface area (Å²) in [4.78, 5) is 36.2. The lowest BCUT2D eigenvalue weighted by atomic mass is 10.2. The van der Waals surface area contributed by atoms with Gasteiger partial charge < -0.3 is 14.7 Å². The van der Waals surface area contributed by atoms with E-state index in [1.54, 1.807) is 42.4 Å². The van der Waals surface area contributed by atoms with Crippen LogP contribution in [0.4, 0.5) is 5.69 Å². The maximum absolute atomic E-state index is 12.5. The number of aromatic nitrogens is 3. The summed E-state index contributed by atoms with van der Waals surface area (Å²) in [6.45, 7) is 2.85. The molecule has 0 atom stereocenters. The minimum atomic E-state index is -0.243. The van der Waals surface area contributed by atoms with Gasteiger partial charge in [0.05, 0.1) is 17.6 Å². The molecule has 1 N–H and O–H groups in total. The molecule has 0 aliphatic carbocycles. The molecule has 27 heavy (non-hydrogen) atoms. The highest BCUT2D eigenvalue weighted by Crippen LogP contribution is 2.24. The van der Waals surface area contributed by atoms with Crippen molar-refractivity contribution in [3.05, 3.63) is 57.6 Å². The quantitative estimate of drug-likeness (QED) is 0.745. The van der Waals surface area contributed by atoms with Crippen molar-refractivity contribution in [1.82, 2.24) is 20.0 Å². The Balaban J connectivity index is 1.43. The summed E-state index contributed by atoms with van der Waals surface area (Å²) in [5.41, 5.74) is 1.83. The van der Waals surface area contributed by atoms with E-state index in [1.807, 2.05) is 0 Å². The summed E-state index contributed by atoms with van der Waals surface area (Å²) in [6, 6.07) is 5.18. The van der Waals surface area contributed by atoms with Crippen molar-refractivity contribution in [1.29, 1.82) is 0 Å². The Kier molecular flexibility index (Phi) is 4.68. The van der Waals surface area contributed by atoms with Crippen molar-refractivity contribution in [2.24, 2.45) is 0 Å². The first kappa shape index (κ1) is 17.3. The van der Waals surface area contributed by atoms with Crippen LogP contribution in [0.3, 0.4) is 0 Å². The average molecular weight is 383 g/mol. The third-order valence-corrected chi connectivity index (χ3v) is 5.41. The molecule has 9 heteroatoms. The summed E-state index contributed by atoms with van der Waals surface area (Å²) in [5.74, 6) is 0.224. The topological polar surface area (TPSA) is 101 Å². The molecule has 0 spiro atoms. The van der Waals surface area contributed by atoms with E-state index in [0.29, 0.717) is 48.1 Å². The van der Waals surface area contributed by atoms with E-state index in [2.05, 4.69) is 20.4 Å². The van der Waals surface area contributed by atoms with E-state index in [0.717, 1.165) is 10.6 Å². The minimum absolute atomic E-state index is 0.142. The SMILES string of the molecule is Cc1cc(C(=O)N2CCc3nc(C(=O)Nc4cccnc4)sc3CC2)no1. The summed E-state index contributed by atoms with van der Waals surface area (Å²) >= 11 is 1.37. The maximum Gasteiger partial charge on any atom is 0.284 e. The number of anilines is 1. The Bertz CT molecular complexity index is 957. The zero-order valence-corrected chi connectivity index (χ0v) is 15.5. The van der Waals surface area contributed by atoms with Crippen LogP contribution in [0.15, 0.2) is 35.1 Å². The van der Waals surface area contributed by atoms with Gasteiger partial charge in [-0.25, -0.2) is 4.98 Å². The number of amides is 2. The highest BCUT2D eigenvalue weighted by Gasteiger charge is 2.25. The summed E-state index contributed by atoms with van der Waals surface area (Å²) in [5, 5.41) is 7.02.